The van der Waals surface area contributed by atoms with Crippen LogP contribution in [0.3, 0.4) is 0 Å². The van der Waals surface area contributed by atoms with Gasteiger partial charge in [0.2, 0.25) is 5.91 Å². The summed E-state index contributed by atoms with van der Waals surface area (Å²) < 4.78 is 5.33. The van der Waals surface area contributed by atoms with Crippen molar-refractivity contribution in [2.24, 2.45) is 11.3 Å². The third-order valence-electron chi connectivity index (χ3n) is 4.87. The molecule has 0 aromatic heterocycles. The highest BCUT2D eigenvalue weighted by atomic mass is 16.5. The van der Waals surface area contributed by atoms with Crippen LogP contribution in [-0.2, 0) is 9.53 Å². The van der Waals surface area contributed by atoms with Crippen molar-refractivity contribution in [3.05, 3.63) is 23.3 Å². The molecule has 0 aromatic rings. The second-order valence-corrected chi connectivity index (χ2v) is 7.52. The third-order valence-corrected chi connectivity index (χ3v) is 4.87. The summed E-state index contributed by atoms with van der Waals surface area (Å²) in [7, 11) is 1.75. The number of ether oxygens (including phenoxy) is 1. The molecule has 0 aromatic carbocycles. The van der Waals surface area contributed by atoms with Crippen molar-refractivity contribution in [3.8, 4) is 0 Å². The number of allylic oxidation sites excluding steroid dienone is 3. The van der Waals surface area contributed by atoms with E-state index in [0.29, 0.717) is 0 Å². The molecule has 0 spiro atoms. The fraction of sp³-hybridized carbons (Fsp3) is 0.722. The molecule has 1 amide bonds. The number of carbonyl (C=O) groups excluding carboxylic acids is 1. The van der Waals surface area contributed by atoms with Gasteiger partial charge in [-0.15, -0.1) is 0 Å². The van der Waals surface area contributed by atoms with E-state index in [-0.39, 0.29) is 22.8 Å². The van der Waals surface area contributed by atoms with E-state index in [1.165, 1.54) is 11.1 Å². The van der Waals surface area contributed by atoms with Crippen molar-refractivity contribution >= 4 is 5.91 Å². The van der Waals surface area contributed by atoms with Gasteiger partial charge in [0.15, 0.2) is 0 Å². The third kappa shape index (κ3) is 3.76. The van der Waals surface area contributed by atoms with E-state index >= 15 is 0 Å². The van der Waals surface area contributed by atoms with E-state index in [9.17, 15) is 4.79 Å². The predicted molar refractivity (Wildman–Crippen MR) is 86.0 cm³/mol. The first-order chi connectivity index (χ1) is 9.78. The standard InChI is InChI=1S/C18H29NO2/c1-6-17(2,3)19-16(20)14-9-13-7-8-18(4,12-21-5)11-15(13)10-14/h7,11,14H,6,8-10,12H2,1-5H3,(H,19,20)/t14-,18?/m1/s1. The zero-order chi connectivity index (χ0) is 15.7. The van der Waals surface area contributed by atoms with Crippen LogP contribution in [-0.4, -0.2) is 25.2 Å². The SMILES string of the molecule is CCC(C)(C)NC(=O)[C@@H]1CC2=CCC(C)(COC)C=C2C1. The highest BCUT2D eigenvalue weighted by Crippen LogP contribution is 2.43. The molecule has 2 rings (SSSR count). The summed E-state index contributed by atoms with van der Waals surface area (Å²) >= 11 is 0. The first-order valence-corrected chi connectivity index (χ1v) is 8.01. The summed E-state index contributed by atoms with van der Waals surface area (Å²) in [6.45, 7) is 9.24. The number of hydrogen-bond acceptors (Lipinski definition) is 2. The first kappa shape index (κ1) is 16.3. The topological polar surface area (TPSA) is 38.3 Å². The molecule has 1 fully saturated rings. The Kier molecular flexibility index (Phi) is 4.62. The molecule has 1 N–H and O–H groups in total. The van der Waals surface area contributed by atoms with E-state index in [0.717, 1.165) is 32.3 Å². The Morgan fingerprint density at radius 3 is 2.71 bits per heavy atom. The fourth-order valence-electron chi connectivity index (χ4n) is 3.21. The minimum Gasteiger partial charge on any atom is -0.384 e. The molecule has 3 nitrogen and oxygen atoms in total. The van der Waals surface area contributed by atoms with Crippen molar-refractivity contribution in [2.75, 3.05) is 13.7 Å². The molecular formula is C18H29NO2. The van der Waals surface area contributed by atoms with Crippen LogP contribution in [0.15, 0.2) is 23.3 Å². The van der Waals surface area contributed by atoms with Gasteiger partial charge in [-0.1, -0.05) is 26.0 Å². The highest BCUT2D eigenvalue weighted by Gasteiger charge is 2.36. The lowest BCUT2D eigenvalue weighted by molar-refractivity contribution is -0.126. The number of fused-ring (bicyclic) bond motifs is 1. The molecule has 1 unspecified atom stereocenters. The van der Waals surface area contributed by atoms with Crippen LogP contribution in [0.25, 0.3) is 0 Å². The smallest absolute Gasteiger partial charge is 0.224 e. The Morgan fingerprint density at radius 2 is 2.10 bits per heavy atom. The Hall–Kier alpha value is -1.09. The van der Waals surface area contributed by atoms with Gasteiger partial charge < -0.3 is 10.1 Å². The maximum absolute atomic E-state index is 12.5. The molecular weight excluding hydrogens is 262 g/mol. The summed E-state index contributed by atoms with van der Waals surface area (Å²) in [6.07, 6.45) is 8.37. The average molecular weight is 291 g/mol. The van der Waals surface area contributed by atoms with E-state index in [1.807, 2.05) is 0 Å². The zero-order valence-corrected chi connectivity index (χ0v) is 14.1. The van der Waals surface area contributed by atoms with E-state index in [1.54, 1.807) is 7.11 Å². The van der Waals surface area contributed by atoms with Crippen LogP contribution < -0.4 is 5.32 Å². The maximum atomic E-state index is 12.5. The number of amides is 1. The van der Waals surface area contributed by atoms with E-state index in [4.69, 9.17) is 4.74 Å². The van der Waals surface area contributed by atoms with Crippen molar-refractivity contribution in [3.63, 3.8) is 0 Å². The van der Waals surface area contributed by atoms with Crippen molar-refractivity contribution in [1.82, 2.24) is 5.32 Å². The first-order valence-electron chi connectivity index (χ1n) is 8.01. The van der Waals surface area contributed by atoms with E-state index in [2.05, 4.69) is 45.2 Å². The molecule has 0 heterocycles. The van der Waals surface area contributed by atoms with Gasteiger partial charge in [0.05, 0.1) is 6.61 Å². The predicted octanol–water partition coefficient (Wildman–Crippen LogP) is 3.61. The highest BCUT2D eigenvalue weighted by molar-refractivity contribution is 5.81. The van der Waals surface area contributed by atoms with Gasteiger partial charge in [-0.05, 0) is 50.7 Å². The van der Waals surface area contributed by atoms with Crippen molar-refractivity contribution in [2.45, 2.75) is 58.9 Å². The number of rotatable bonds is 5. The van der Waals surface area contributed by atoms with E-state index < -0.39 is 0 Å². The molecule has 0 aliphatic heterocycles. The lowest BCUT2D eigenvalue weighted by atomic mass is 9.80. The summed E-state index contributed by atoms with van der Waals surface area (Å²) in [4.78, 5) is 12.5. The van der Waals surface area contributed by atoms with Gasteiger partial charge in [-0.3, -0.25) is 4.79 Å². The number of methoxy groups -OCH3 is 1. The van der Waals surface area contributed by atoms with Gasteiger partial charge >= 0.3 is 0 Å². The van der Waals surface area contributed by atoms with Crippen LogP contribution >= 0.6 is 0 Å². The second-order valence-electron chi connectivity index (χ2n) is 7.52. The Labute approximate surface area is 128 Å². The molecule has 2 atom stereocenters. The van der Waals surface area contributed by atoms with Crippen molar-refractivity contribution < 1.29 is 9.53 Å². The Balaban J connectivity index is 2.05. The summed E-state index contributed by atoms with van der Waals surface area (Å²) in [5, 5.41) is 3.19. The summed E-state index contributed by atoms with van der Waals surface area (Å²) in [5.41, 5.74) is 2.70. The lowest BCUT2D eigenvalue weighted by Crippen LogP contribution is -2.45. The molecule has 0 radical (unpaired) electrons. The molecule has 21 heavy (non-hydrogen) atoms. The van der Waals surface area contributed by atoms with Crippen LogP contribution in [0, 0.1) is 11.3 Å². The normalized spacial score (nSPS) is 28.7. The van der Waals surface area contributed by atoms with Crippen molar-refractivity contribution in [1.29, 1.82) is 0 Å². The summed E-state index contributed by atoms with van der Waals surface area (Å²) in [6, 6.07) is 0. The average Bonchev–Trinajstić information content (AvgIpc) is 2.81. The second kappa shape index (κ2) is 5.96. The molecule has 2 aliphatic carbocycles. The number of nitrogens with one attached hydrogen (secondary N) is 1. The Bertz CT molecular complexity index is 476. The fourth-order valence-corrected chi connectivity index (χ4v) is 3.21. The molecule has 0 bridgehead atoms. The maximum Gasteiger partial charge on any atom is 0.224 e. The quantitative estimate of drug-likeness (QED) is 0.840. The van der Waals surface area contributed by atoms with Gasteiger partial charge in [0, 0.05) is 24.0 Å². The molecule has 1 saturated carbocycles. The van der Waals surface area contributed by atoms with Gasteiger partial charge in [-0.25, -0.2) is 0 Å². The molecule has 0 saturated heterocycles. The monoisotopic (exact) mass is 291 g/mol. The van der Waals surface area contributed by atoms with Crippen LogP contribution in [0.4, 0.5) is 0 Å². The van der Waals surface area contributed by atoms with Crippen LogP contribution in [0.1, 0.15) is 53.4 Å². The number of hydrogen-bond donors (Lipinski definition) is 1. The van der Waals surface area contributed by atoms with Gasteiger partial charge in [0.25, 0.3) is 0 Å². The summed E-state index contributed by atoms with van der Waals surface area (Å²) in [5.74, 6) is 0.296. The molecule has 118 valence electrons. The van der Waals surface area contributed by atoms with Crippen LogP contribution in [0.5, 0.6) is 0 Å². The zero-order valence-electron chi connectivity index (χ0n) is 14.1. The van der Waals surface area contributed by atoms with Gasteiger partial charge in [-0.2, -0.15) is 0 Å². The molecule has 3 heteroatoms. The largest absolute Gasteiger partial charge is 0.384 e. The lowest BCUT2D eigenvalue weighted by Gasteiger charge is -2.28. The van der Waals surface area contributed by atoms with Crippen LogP contribution in [0.2, 0.25) is 0 Å². The molecule has 2 aliphatic rings. The number of carbonyl (C=O) groups is 1. The Morgan fingerprint density at radius 1 is 1.43 bits per heavy atom. The minimum atomic E-state index is -0.113. The minimum absolute atomic E-state index is 0.0850. The van der Waals surface area contributed by atoms with Gasteiger partial charge in [0.1, 0.15) is 0 Å².